The second kappa shape index (κ2) is 9.99. The van der Waals surface area contributed by atoms with Crippen LogP contribution < -0.4 is 9.62 Å². The Morgan fingerprint density at radius 2 is 1.94 bits per heavy atom. The van der Waals surface area contributed by atoms with Gasteiger partial charge in [0.1, 0.15) is 5.82 Å². The molecule has 0 bridgehead atoms. The third-order valence-electron chi connectivity index (χ3n) is 5.69. The first-order valence-corrected chi connectivity index (χ1v) is 12.4. The molecule has 5 rings (SSSR count). The molecule has 0 spiro atoms. The third kappa shape index (κ3) is 4.86. The molecule has 2 heterocycles. The van der Waals surface area contributed by atoms with Gasteiger partial charge in [-0.15, -0.1) is 0 Å². The molecule has 1 aromatic heterocycles. The van der Waals surface area contributed by atoms with Crippen LogP contribution in [0.1, 0.15) is 29.6 Å². The molecule has 0 saturated carbocycles. The number of rotatable bonds is 4. The van der Waals surface area contributed by atoms with Gasteiger partial charge < -0.3 is 9.62 Å². The number of nitrogens with zero attached hydrogens (tertiary/aromatic N) is 3. The van der Waals surface area contributed by atoms with E-state index < -0.39 is 11.7 Å². The number of hydrogen-bond acceptors (Lipinski definition) is 5. The van der Waals surface area contributed by atoms with E-state index >= 15 is 0 Å². The molecule has 8 heteroatoms. The molecule has 5 nitrogen and oxygen atoms in total. The first-order chi connectivity index (χ1) is 16.6. The van der Waals surface area contributed by atoms with Crippen molar-refractivity contribution in [3.8, 4) is 11.4 Å². The van der Waals surface area contributed by atoms with Crippen LogP contribution in [0.15, 0.2) is 66.9 Å². The molecule has 1 fully saturated rings. The van der Waals surface area contributed by atoms with E-state index in [1.807, 2.05) is 24.3 Å². The predicted octanol–water partition coefficient (Wildman–Crippen LogP) is 6.98. The molecule has 0 radical (unpaired) electrons. The van der Waals surface area contributed by atoms with Crippen LogP contribution in [0.2, 0.25) is 5.02 Å². The van der Waals surface area contributed by atoms with Crippen LogP contribution in [0.5, 0.6) is 0 Å². The zero-order valence-electron chi connectivity index (χ0n) is 18.3. The van der Waals surface area contributed by atoms with E-state index in [0.29, 0.717) is 22.1 Å². The normalized spacial score (nSPS) is 14.1. The summed E-state index contributed by atoms with van der Waals surface area (Å²) in [6, 6.07) is 17.5. The monoisotopic (exact) mass is 492 g/mol. The summed E-state index contributed by atoms with van der Waals surface area (Å²) < 4.78 is 17.0. The molecule has 172 valence electrons. The zero-order valence-corrected chi connectivity index (χ0v) is 19.9. The Morgan fingerprint density at radius 3 is 2.82 bits per heavy atom. The Hall–Kier alpha value is -3.16. The molecule has 1 aliphatic heterocycles. The van der Waals surface area contributed by atoms with E-state index in [4.69, 9.17) is 11.6 Å². The third-order valence-corrected chi connectivity index (χ3v) is 7.20. The average molecular weight is 493 g/mol. The van der Waals surface area contributed by atoms with Crippen molar-refractivity contribution in [1.29, 1.82) is 0 Å². The summed E-state index contributed by atoms with van der Waals surface area (Å²) in [5.74, 6) is 0.390. The summed E-state index contributed by atoms with van der Waals surface area (Å²) >= 11 is 8.11. The van der Waals surface area contributed by atoms with Crippen molar-refractivity contribution in [2.75, 3.05) is 21.9 Å². The minimum Gasteiger partial charge on any atom is -0.322 e. The largest absolute Gasteiger partial charge is 0.322 e. The highest BCUT2D eigenvalue weighted by molar-refractivity contribution is 8.00. The van der Waals surface area contributed by atoms with Crippen LogP contribution in [0.25, 0.3) is 22.3 Å². The standard InChI is InChI=1S/C26H22ClFN4OS/c27-22-11-8-18(14-21(22)25-29-16-17-6-2-3-7-24(17)31-25)30-26(33)20-10-9-19(15-23(20)28)32-12-4-1-5-13-34-32/h2-3,6-11,14-16H,1,4-5,12-13H2,(H,30,33). The smallest absolute Gasteiger partial charge is 0.258 e. The van der Waals surface area contributed by atoms with Gasteiger partial charge in [0.05, 0.1) is 16.1 Å². The molecular weight excluding hydrogens is 471 g/mol. The van der Waals surface area contributed by atoms with E-state index in [1.165, 1.54) is 18.6 Å². The molecule has 0 aliphatic carbocycles. The molecule has 0 unspecified atom stereocenters. The fourth-order valence-electron chi connectivity index (χ4n) is 3.90. The fraction of sp³-hybridized carbons (Fsp3) is 0.192. The zero-order chi connectivity index (χ0) is 23.5. The van der Waals surface area contributed by atoms with Gasteiger partial charge in [-0.3, -0.25) is 4.79 Å². The Bertz CT molecular complexity index is 1360. The van der Waals surface area contributed by atoms with Crippen LogP contribution in [0, 0.1) is 5.82 Å². The van der Waals surface area contributed by atoms with Crippen molar-refractivity contribution in [3.63, 3.8) is 0 Å². The highest BCUT2D eigenvalue weighted by atomic mass is 35.5. The SMILES string of the molecule is O=C(Nc1ccc(Cl)c(-c2ncc3ccccc3n2)c1)c1ccc(N2CCCCCS2)cc1F. The number of carbonyl (C=O) groups is 1. The maximum atomic E-state index is 14.9. The number of fused-ring (bicyclic) bond motifs is 1. The Labute approximate surface area is 206 Å². The highest BCUT2D eigenvalue weighted by Crippen LogP contribution is 2.31. The molecule has 1 amide bonds. The van der Waals surface area contributed by atoms with Crippen molar-refractivity contribution < 1.29 is 9.18 Å². The van der Waals surface area contributed by atoms with E-state index in [2.05, 4.69) is 19.6 Å². The lowest BCUT2D eigenvalue weighted by atomic mass is 10.1. The summed E-state index contributed by atoms with van der Waals surface area (Å²) in [6.45, 7) is 0.875. The van der Waals surface area contributed by atoms with Gasteiger partial charge in [-0.25, -0.2) is 14.4 Å². The van der Waals surface area contributed by atoms with Gasteiger partial charge in [0.2, 0.25) is 0 Å². The quantitative estimate of drug-likeness (QED) is 0.311. The predicted molar refractivity (Wildman–Crippen MR) is 138 cm³/mol. The number of hydrogen-bond donors (Lipinski definition) is 1. The number of carbonyl (C=O) groups excluding carboxylic acids is 1. The second-order valence-corrected chi connectivity index (χ2v) is 9.58. The Balaban J connectivity index is 1.37. The van der Waals surface area contributed by atoms with E-state index in [1.54, 1.807) is 42.4 Å². The number of aromatic nitrogens is 2. The van der Waals surface area contributed by atoms with Gasteiger partial charge in [0.25, 0.3) is 5.91 Å². The summed E-state index contributed by atoms with van der Waals surface area (Å²) in [4.78, 5) is 21.9. The average Bonchev–Trinajstić information content (AvgIpc) is 3.14. The highest BCUT2D eigenvalue weighted by Gasteiger charge is 2.17. The maximum absolute atomic E-state index is 14.9. The van der Waals surface area contributed by atoms with Gasteiger partial charge in [-0.1, -0.05) is 36.2 Å². The number of nitrogens with one attached hydrogen (secondary N) is 1. The summed E-state index contributed by atoms with van der Waals surface area (Å²) in [5.41, 5.74) is 2.62. The lowest BCUT2D eigenvalue weighted by Crippen LogP contribution is -2.17. The molecular formula is C26H22ClFN4OS. The van der Waals surface area contributed by atoms with E-state index in [9.17, 15) is 9.18 Å². The van der Waals surface area contributed by atoms with Gasteiger partial charge in [0, 0.05) is 40.8 Å². The van der Waals surface area contributed by atoms with Crippen LogP contribution >= 0.6 is 23.5 Å². The van der Waals surface area contributed by atoms with Crippen LogP contribution in [-0.4, -0.2) is 28.2 Å². The van der Waals surface area contributed by atoms with Crippen molar-refractivity contribution in [2.24, 2.45) is 0 Å². The van der Waals surface area contributed by atoms with Crippen molar-refractivity contribution in [2.45, 2.75) is 19.3 Å². The van der Waals surface area contributed by atoms with Gasteiger partial charge in [-0.05, 0) is 67.3 Å². The molecule has 3 aromatic carbocycles. The Morgan fingerprint density at radius 1 is 1.06 bits per heavy atom. The van der Waals surface area contributed by atoms with Gasteiger partial charge >= 0.3 is 0 Å². The van der Waals surface area contributed by atoms with Crippen LogP contribution in [0.4, 0.5) is 15.8 Å². The first-order valence-electron chi connectivity index (χ1n) is 11.1. The van der Waals surface area contributed by atoms with Crippen molar-refractivity contribution in [3.05, 3.63) is 83.3 Å². The number of amides is 1. The molecule has 1 aliphatic rings. The lowest BCUT2D eigenvalue weighted by molar-refractivity contribution is 0.102. The van der Waals surface area contributed by atoms with Gasteiger partial charge in [0.15, 0.2) is 5.82 Å². The lowest BCUT2D eigenvalue weighted by Gasteiger charge is -2.21. The molecule has 1 saturated heterocycles. The van der Waals surface area contributed by atoms with E-state index in [0.717, 1.165) is 41.7 Å². The molecule has 34 heavy (non-hydrogen) atoms. The molecule has 1 N–H and O–H groups in total. The number of halogens is 2. The maximum Gasteiger partial charge on any atom is 0.258 e. The summed E-state index contributed by atoms with van der Waals surface area (Å²) in [5, 5.41) is 4.15. The minimum atomic E-state index is -0.549. The molecule has 0 atom stereocenters. The number of anilines is 2. The first kappa shape index (κ1) is 22.6. The number of benzene rings is 3. The molecule has 4 aromatic rings. The summed E-state index contributed by atoms with van der Waals surface area (Å²) in [7, 11) is 0. The van der Waals surface area contributed by atoms with Crippen molar-refractivity contribution >= 4 is 51.7 Å². The fourth-order valence-corrected chi connectivity index (χ4v) is 5.17. The minimum absolute atomic E-state index is 0.0120. The van der Waals surface area contributed by atoms with Crippen LogP contribution in [0.3, 0.4) is 0 Å². The van der Waals surface area contributed by atoms with E-state index in [-0.39, 0.29) is 5.56 Å². The van der Waals surface area contributed by atoms with Crippen LogP contribution in [-0.2, 0) is 0 Å². The summed E-state index contributed by atoms with van der Waals surface area (Å²) in [6.07, 6.45) is 5.16. The van der Waals surface area contributed by atoms with Crippen molar-refractivity contribution in [1.82, 2.24) is 9.97 Å². The topological polar surface area (TPSA) is 58.1 Å². The second-order valence-electron chi connectivity index (χ2n) is 8.06. The Kier molecular flexibility index (Phi) is 6.65. The number of para-hydroxylation sites is 1. The van der Waals surface area contributed by atoms with Gasteiger partial charge in [-0.2, -0.15) is 0 Å².